The second-order valence-electron chi connectivity index (χ2n) is 9.81. The fraction of sp³-hybridized carbons (Fsp3) is 0.448. The summed E-state index contributed by atoms with van der Waals surface area (Å²) in [6, 6.07) is 13.6. The number of sulfone groups is 1. The molecule has 0 spiro atoms. The Morgan fingerprint density at radius 3 is 2.48 bits per heavy atom. The number of benzene rings is 2. The summed E-state index contributed by atoms with van der Waals surface area (Å²) in [5, 5.41) is 7.33. The van der Waals surface area contributed by atoms with Gasteiger partial charge in [-0.25, -0.2) is 8.42 Å². The molecule has 1 fully saturated rings. The van der Waals surface area contributed by atoms with Crippen LogP contribution in [0.2, 0.25) is 0 Å². The number of likely N-dealkylation sites (tertiary alicyclic amines) is 1. The molecule has 1 aliphatic rings. The maximum Gasteiger partial charge on any atom is 0.406 e. The summed E-state index contributed by atoms with van der Waals surface area (Å²) >= 11 is 0. The lowest BCUT2D eigenvalue weighted by Gasteiger charge is -2.32. The molecule has 216 valence electrons. The molecule has 3 aromatic rings. The molecule has 11 heteroatoms. The van der Waals surface area contributed by atoms with Crippen LogP contribution in [0.25, 0.3) is 10.9 Å². The molecule has 0 atom stereocenters. The number of hydrogen-bond donors (Lipinski definition) is 2. The van der Waals surface area contributed by atoms with Gasteiger partial charge in [-0.2, -0.15) is 13.2 Å². The molecule has 1 saturated heterocycles. The zero-order valence-electron chi connectivity index (χ0n) is 22.7. The molecule has 2 heterocycles. The molecule has 1 aliphatic heterocycles. The van der Waals surface area contributed by atoms with Gasteiger partial charge in [0.25, 0.3) is 0 Å². The van der Waals surface area contributed by atoms with Crippen LogP contribution >= 0.6 is 0 Å². The third kappa shape index (κ3) is 7.71. The van der Waals surface area contributed by atoms with Gasteiger partial charge in [-0.3, -0.25) is 0 Å². The van der Waals surface area contributed by atoms with E-state index in [1.54, 1.807) is 44.4 Å². The Morgan fingerprint density at radius 2 is 1.82 bits per heavy atom. The lowest BCUT2D eigenvalue weighted by molar-refractivity contribution is -0.140. The van der Waals surface area contributed by atoms with Crippen LogP contribution in [-0.4, -0.2) is 75.8 Å². The Kier molecular flexibility index (Phi) is 9.66. The standard InChI is InChI=1S/C29H35F3N4O3S/c1-3-40(37,38)25-11-9-22(10-12-25)33-15-5-6-24-20-26-27(7-4-8-28(26)36(24)21-29(30,31)32)34-23-13-16-35(17-14-23)18-19-39-2/h4,7-12,20,23,33-34H,3,13-19,21H2,1-2H3. The monoisotopic (exact) mass is 576 g/mol. The molecule has 0 amide bonds. The Bertz CT molecular complexity index is 1450. The Hall–Kier alpha value is -3.20. The highest BCUT2D eigenvalue weighted by Gasteiger charge is 2.30. The molecular weight excluding hydrogens is 541 g/mol. The number of nitrogens with one attached hydrogen (secondary N) is 2. The number of nitrogens with zero attached hydrogens (tertiary/aromatic N) is 2. The molecule has 0 bridgehead atoms. The number of methoxy groups -OCH3 is 1. The first-order valence-corrected chi connectivity index (χ1v) is 15.0. The van der Waals surface area contributed by atoms with Crippen molar-refractivity contribution in [3.63, 3.8) is 0 Å². The van der Waals surface area contributed by atoms with Gasteiger partial charge >= 0.3 is 6.18 Å². The van der Waals surface area contributed by atoms with E-state index in [9.17, 15) is 21.6 Å². The molecule has 2 aromatic carbocycles. The highest BCUT2D eigenvalue weighted by Crippen LogP contribution is 2.31. The molecule has 0 unspecified atom stereocenters. The van der Waals surface area contributed by atoms with Gasteiger partial charge in [0, 0.05) is 49.5 Å². The van der Waals surface area contributed by atoms with Crippen molar-refractivity contribution in [2.24, 2.45) is 0 Å². The highest BCUT2D eigenvalue weighted by atomic mass is 32.2. The predicted octanol–water partition coefficient (Wildman–Crippen LogP) is 4.98. The second-order valence-corrected chi connectivity index (χ2v) is 12.1. The number of hydrogen-bond acceptors (Lipinski definition) is 6. The van der Waals surface area contributed by atoms with Crippen LogP contribution in [0.3, 0.4) is 0 Å². The molecule has 4 rings (SSSR count). The minimum Gasteiger partial charge on any atom is -0.383 e. The lowest BCUT2D eigenvalue weighted by Crippen LogP contribution is -2.40. The third-order valence-electron chi connectivity index (χ3n) is 7.03. The first-order chi connectivity index (χ1) is 19.1. The highest BCUT2D eigenvalue weighted by molar-refractivity contribution is 7.91. The lowest BCUT2D eigenvalue weighted by atomic mass is 10.0. The summed E-state index contributed by atoms with van der Waals surface area (Å²) in [6.07, 6.45) is -2.53. The van der Waals surface area contributed by atoms with Gasteiger partial charge in [0.1, 0.15) is 6.54 Å². The van der Waals surface area contributed by atoms with E-state index in [1.807, 2.05) is 6.07 Å². The maximum absolute atomic E-state index is 13.5. The fourth-order valence-corrected chi connectivity index (χ4v) is 5.72. The number of anilines is 2. The molecule has 40 heavy (non-hydrogen) atoms. The first-order valence-electron chi connectivity index (χ1n) is 13.3. The molecule has 7 nitrogen and oxygen atoms in total. The van der Waals surface area contributed by atoms with E-state index in [-0.39, 0.29) is 28.9 Å². The Labute approximate surface area is 233 Å². The zero-order valence-corrected chi connectivity index (χ0v) is 23.5. The summed E-state index contributed by atoms with van der Waals surface area (Å²) in [5.74, 6) is 5.83. The Balaban J connectivity index is 1.50. The van der Waals surface area contributed by atoms with Gasteiger partial charge in [-0.1, -0.05) is 18.9 Å². The van der Waals surface area contributed by atoms with E-state index in [4.69, 9.17) is 4.74 Å². The summed E-state index contributed by atoms with van der Waals surface area (Å²) in [7, 11) is -1.60. The van der Waals surface area contributed by atoms with Gasteiger partial charge in [-0.05, 0) is 61.2 Å². The van der Waals surface area contributed by atoms with Crippen LogP contribution in [0.4, 0.5) is 24.5 Å². The van der Waals surface area contributed by atoms with Crippen molar-refractivity contribution in [3.8, 4) is 11.8 Å². The minimum absolute atomic E-state index is 0.0164. The molecule has 0 saturated carbocycles. The summed E-state index contributed by atoms with van der Waals surface area (Å²) < 4.78 is 70.9. The number of aromatic nitrogens is 1. The number of ether oxygens (including phenoxy) is 1. The van der Waals surface area contributed by atoms with E-state index < -0.39 is 22.6 Å². The molecular formula is C29H35F3N4O3S. The first kappa shape index (κ1) is 29.8. The second kappa shape index (κ2) is 13.0. The van der Waals surface area contributed by atoms with Gasteiger partial charge in [0.05, 0.1) is 35.0 Å². The van der Waals surface area contributed by atoms with Crippen molar-refractivity contribution in [2.75, 3.05) is 56.3 Å². The molecule has 2 N–H and O–H groups in total. The average Bonchev–Trinajstić information content (AvgIpc) is 3.27. The van der Waals surface area contributed by atoms with Crippen LogP contribution < -0.4 is 10.6 Å². The van der Waals surface area contributed by atoms with E-state index in [1.165, 1.54) is 16.7 Å². The Morgan fingerprint density at radius 1 is 1.10 bits per heavy atom. The van der Waals surface area contributed by atoms with E-state index >= 15 is 0 Å². The quantitative estimate of drug-likeness (QED) is 0.332. The minimum atomic E-state index is -4.40. The van der Waals surface area contributed by atoms with Crippen molar-refractivity contribution in [1.82, 2.24) is 9.47 Å². The van der Waals surface area contributed by atoms with Crippen LogP contribution in [0.5, 0.6) is 0 Å². The number of rotatable bonds is 10. The van der Waals surface area contributed by atoms with E-state index in [2.05, 4.69) is 27.4 Å². The number of piperidine rings is 1. The number of halogens is 3. The smallest absolute Gasteiger partial charge is 0.383 e. The van der Waals surface area contributed by atoms with Gasteiger partial charge < -0.3 is 24.8 Å². The van der Waals surface area contributed by atoms with E-state index in [0.717, 1.165) is 38.2 Å². The van der Waals surface area contributed by atoms with Crippen LogP contribution in [0.15, 0.2) is 53.4 Å². The summed E-state index contributed by atoms with van der Waals surface area (Å²) in [5.41, 5.74) is 2.23. The predicted molar refractivity (Wildman–Crippen MR) is 152 cm³/mol. The van der Waals surface area contributed by atoms with Gasteiger partial charge in [0.15, 0.2) is 9.84 Å². The summed E-state index contributed by atoms with van der Waals surface area (Å²) in [6.45, 7) is 4.09. The largest absolute Gasteiger partial charge is 0.406 e. The van der Waals surface area contributed by atoms with E-state index in [0.29, 0.717) is 23.2 Å². The van der Waals surface area contributed by atoms with Crippen molar-refractivity contribution < 1.29 is 26.3 Å². The van der Waals surface area contributed by atoms with Crippen LogP contribution in [0.1, 0.15) is 25.5 Å². The average molecular weight is 577 g/mol. The maximum atomic E-state index is 13.5. The topological polar surface area (TPSA) is 75.6 Å². The van der Waals surface area contributed by atoms with Crippen molar-refractivity contribution in [3.05, 3.63) is 54.2 Å². The fourth-order valence-electron chi connectivity index (χ4n) is 4.83. The normalized spacial score (nSPS) is 15.1. The third-order valence-corrected chi connectivity index (χ3v) is 8.78. The number of fused-ring (bicyclic) bond motifs is 1. The van der Waals surface area contributed by atoms with Crippen molar-refractivity contribution in [1.29, 1.82) is 0 Å². The van der Waals surface area contributed by atoms with Gasteiger partial charge in [0.2, 0.25) is 0 Å². The van der Waals surface area contributed by atoms with Gasteiger partial charge in [-0.15, -0.1) is 0 Å². The molecule has 0 aliphatic carbocycles. The van der Waals surface area contributed by atoms with Crippen molar-refractivity contribution in [2.45, 2.75) is 43.4 Å². The molecule has 0 radical (unpaired) electrons. The van der Waals surface area contributed by atoms with Crippen LogP contribution in [0, 0.1) is 11.8 Å². The SMILES string of the molecule is CCS(=O)(=O)c1ccc(NCC#Cc2cc3c(NC4CCN(CCOC)CC4)cccc3n2CC(F)(F)F)cc1. The van der Waals surface area contributed by atoms with Crippen LogP contribution in [-0.2, 0) is 21.1 Å². The summed E-state index contributed by atoms with van der Waals surface area (Å²) in [4.78, 5) is 2.59. The molecule has 1 aromatic heterocycles. The number of alkyl halides is 3. The van der Waals surface area contributed by atoms with Crippen molar-refractivity contribution >= 4 is 32.1 Å². The zero-order chi connectivity index (χ0) is 28.8.